The number of rotatable bonds is 4. The first-order valence-electron chi connectivity index (χ1n) is 9.18. The molecule has 5 heteroatoms. The molecule has 0 bridgehead atoms. The molecule has 4 rings (SSSR count). The van der Waals surface area contributed by atoms with E-state index >= 15 is 0 Å². The van der Waals surface area contributed by atoms with Crippen molar-refractivity contribution in [1.82, 2.24) is 4.90 Å². The molecular formula is C21H23ClN2O2. The van der Waals surface area contributed by atoms with Gasteiger partial charge < -0.3 is 9.64 Å². The summed E-state index contributed by atoms with van der Waals surface area (Å²) < 4.78 is 5.91. The fraction of sp³-hybridized carbons (Fsp3) is 0.381. The highest BCUT2D eigenvalue weighted by Gasteiger charge is 2.26. The molecule has 26 heavy (non-hydrogen) atoms. The number of halogens is 1. The van der Waals surface area contributed by atoms with Crippen LogP contribution in [0.5, 0.6) is 0 Å². The summed E-state index contributed by atoms with van der Waals surface area (Å²) in [6, 6.07) is 16.0. The third-order valence-corrected chi connectivity index (χ3v) is 5.47. The molecule has 2 aliphatic rings. The van der Waals surface area contributed by atoms with E-state index in [1.165, 1.54) is 5.56 Å². The number of fused-ring (bicyclic) bond motifs is 1. The Balaban J connectivity index is 1.33. The lowest BCUT2D eigenvalue weighted by molar-refractivity contribution is -0.119. The van der Waals surface area contributed by atoms with Gasteiger partial charge in [-0.25, -0.2) is 0 Å². The first kappa shape index (κ1) is 17.5. The van der Waals surface area contributed by atoms with Crippen LogP contribution in [0.4, 0.5) is 5.69 Å². The fourth-order valence-corrected chi connectivity index (χ4v) is 3.90. The topological polar surface area (TPSA) is 32.8 Å². The van der Waals surface area contributed by atoms with Gasteiger partial charge in [-0.05, 0) is 35.7 Å². The Morgan fingerprint density at radius 3 is 2.77 bits per heavy atom. The summed E-state index contributed by atoms with van der Waals surface area (Å²) in [4.78, 5) is 17.0. The average molecular weight is 371 g/mol. The highest BCUT2D eigenvalue weighted by Crippen LogP contribution is 2.28. The molecule has 0 aromatic heterocycles. The van der Waals surface area contributed by atoms with Gasteiger partial charge in [-0.15, -0.1) is 0 Å². The Bertz CT molecular complexity index is 778. The monoisotopic (exact) mass is 370 g/mol. The van der Waals surface area contributed by atoms with E-state index < -0.39 is 0 Å². The van der Waals surface area contributed by atoms with E-state index in [1.54, 1.807) is 0 Å². The van der Waals surface area contributed by atoms with Crippen LogP contribution in [0.1, 0.15) is 23.7 Å². The predicted octanol–water partition coefficient (Wildman–Crippen LogP) is 3.69. The number of hydrogen-bond donors (Lipinski definition) is 0. The van der Waals surface area contributed by atoms with Crippen LogP contribution in [0.15, 0.2) is 48.5 Å². The van der Waals surface area contributed by atoms with E-state index in [0.717, 1.165) is 48.9 Å². The van der Waals surface area contributed by atoms with Crippen molar-refractivity contribution >= 4 is 23.2 Å². The van der Waals surface area contributed by atoms with E-state index in [9.17, 15) is 4.79 Å². The van der Waals surface area contributed by atoms with Crippen molar-refractivity contribution in [3.8, 4) is 0 Å². The van der Waals surface area contributed by atoms with Crippen LogP contribution >= 0.6 is 11.6 Å². The molecule has 0 N–H and O–H groups in total. The minimum atomic E-state index is 0.0450. The molecule has 0 saturated carbocycles. The molecule has 1 fully saturated rings. The van der Waals surface area contributed by atoms with E-state index in [-0.39, 0.29) is 12.0 Å². The predicted molar refractivity (Wildman–Crippen MR) is 104 cm³/mol. The molecule has 2 aromatic rings. The maximum absolute atomic E-state index is 12.7. The first-order chi connectivity index (χ1) is 12.7. The maximum atomic E-state index is 12.7. The zero-order valence-corrected chi connectivity index (χ0v) is 15.5. The van der Waals surface area contributed by atoms with Gasteiger partial charge in [0.25, 0.3) is 0 Å². The number of anilines is 1. The molecule has 0 radical (unpaired) electrons. The summed E-state index contributed by atoms with van der Waals surface area (Å²) >= 11 is 5.97. The van der Waals surface area contributed by atoms with Crippen LogP contribution in [0, 0.1) is 0 Å². The van der Waals surface area contributed by atoms with Crippen molar-refractivity contribution in [3.05, 3.63) is 64.7 Å². The van der Waals surface area contributed by atoms with Gasteiger partial charge in [0, 0.05) is 43.3 Å². The SMILES string of the molecule is O=C(CCN1CCOC(c2ccc(Cl)cc2)C1)N1CCc2ccccc21. The lowest BCUT2D eigenvalue weighted by Gasteiger charge is -2.33. The molecule has 1 saturated heterocycles. The Hall–Kier alpha value is -1.88. The van der Waals surface area contributed by atoms with Crippen molar-refractivity contribution in [2.45, 2.75) is 18.9 Å². The molecule has 2 aromatic carbocycles. The van der Waals surface area contributed by atoms with E-state index in [4.69, 9.17) is 16.3 Å². The number of benzene rings is 2. The molecule has 136 valence electrons. The highest BCUT2D eigenvalue weighted by atomic mass is 35.5. The summed E-state index contributed by atoms with van der Waals surface area (Å²) in [5.74, 6) is 0.212. The van der Waals surface area contributed by atoms with Crippen LogP contribution in [-0.2, 0) is 16.0 Å². The van der Waals surface area contributed by atoms with E-state index in [1.807, 2.05) is 47.4 Å². The number of carbonyl (C=O) groups excluding carboxylic acids is 1. The van der Waals surface area contributed by atoms with Crippen LogP contribution < -0.4 is 4.90 Å². The van der Waals surface area contributed by atoms with Gasteiger partial charge in [-0.3, -0.25) is 9.69 Å². The van der Waals surface area contributed by atoms with E-state index in [0.29, 0.717) is 13.0 Å². The number of hydrogen-bond acceptors (Lipinski definition) is 3. The van der Waals surface area contributed by atoms with Gasteiger partial charge in [0.1, 0.15) is 0 Å². The van der Waals surface area contributed by atoms with Gasteiger partial charge in [0.05, 0.1) is 12.7 Å². The van der Waals surface area contributed by atoms with Crippen molar-refractivity contribution in [1.29, 1.82) is 0 Å². The largest absolute Gasteiger partial charge is 0.371 e. The minimum absolute atomic E-state index is 0.0450. The normalized spacial score (nSPS) is 20.2. The van der Waals surface area contributed by atoms with Crippen LogP contribution in [0.2, 0.25) is 5.02 Å². The summed E-state index contributed by atoms with van der Waals surface area (Å²) in [5.41, 5.74) is 3.49. The van der Waals surface area contributed by atoms with Gasteiger partial charge in [0.15, 0.2) is 0 Å². The maximum Gasteiger partial charge on any atom is 0.228 e. The average Bonchev–Trinajstić information content (AvgIpc) is 3.11. The van der Waals surface area contributed by atoms with Crippen molar-refractivity contribution in [3.63, 3.8) is 0 Å². The van der Waals surface area contributed by atoms with Gasteiger partial charge in [0.2, 0.25) is 5.91 Å². The molecule has 1 unspecified atom stereocenters. The highest BCUT2D eigenvalue weighted by molar-refractivity contribution is 6.30. The third-order valence-electron chi connectivity index (χ3n) is 5.22. The second kappa shape index (κ2) is 7.78. The number of amides is 1. The Kier molecular flexibility index (Phi) is 5.25. The first-order valence-corrected chi connectivity index (χ1v) is 9.56. The Labute approximate surface area is 159 Å². The molecule has 2 heterocycles. The molecule has 1 atom stereocenters. The summed E-state index contributed by atoms with van der Waals surface area (Å²) in [6.45, 7) is 3.94. The zero-order chi connectivity index (χ0) is 17.9. The number of morpholine rings is 1. The Morgan fingerprint density at radius 1 is 1.12 bits per heavy atom. The fourth-order valence-electron chi connectivity index (χ4n) is 3.77. The molecule has 0 spiro atoms. The van der Waals surface area contributed by atoms with Crippen molar-refractivity contribution in [2.75, 3.05) is 37.7 Å². The second-order valence-electron chi connectivity index (χ2n) is 6.89. The molecule has 2 aliphatic heterocycles. The quantitative estimate of drug-likeness (QED) is 0.822. The van der Waals surface area contributed by atoms with Crippen molar-refractivity contribution < 1.29 is 9.53 Å². The number of ether oxygens (including phenoxy) is 1. The van der Waals surface area contributed by atoms with Gasteiger partial charge in [-0.1, -0.05) is 41.9 Å². The number of para-hydroxylation sites is 1. The molecule has 4 nitrogen and oxygen atoms in total. The molecule has 0 aliphatic carbocycles. The van der Waals surface area contributed by atoms with Crippen LogP contribution in [-0.4, -0.2) is 43.6 Å². The van der Waals surface area contributed by atoms with Crippen molar-refractivity contribution in [2.24, 2.45) is 0 Å². The van der Waals surface area contributed by atoms with Crippen LogP contribution in [0.3, 0.4) is 0 Å². The van der Waals surface area contributed by atoms with Crippen LogP contribution in [0.25, 0.3) is 0 Å². The molecule has 1 amide bonds. The van der Waals surface area contributed by atoms with Gasteiger partial charge in [-0.2, -0.15) is 0 Å². The van der Waals surface area contributed by atoms with E-state index in [2.05, 4.69) is 11.0 Å². The summed E-state index contributed by atoms with van der Waals surface area (Å²) in [5, 5.41) is 0.734. The van der Waals surface area contributed by atoms with Gasteiger partial charge >= 0.3 is 0 Å². The minimum Gasteiger partial charge on any atom is -0.371 e. The standard InChI is InChI=1S/C21H23ClN2O2/c22-18-7-5-17(6-8-18)20-15-23(13-14-26-20)11-10-21(25)24-12-9-16-3-1-2-4-19(16)24/h1-8,20H,9-15H2. The smallest absolute Gasteiger partial charge is 0.228 e. The number of nitrogens with zero attached hydrogens (tertiary/aromatic N) is 2. The molecular weight excluding hydrogens is 348 g/mol. The Morgan fingerprint density at radius 2 is 1.92 bits per heavy atom. The second-order valence-corrected chi connectivity index (χ2v) is 7.32. The summed E-state index contributed by atoms with van der Waals surface area (Å²) in [6.07, 6.45) is 1.54. The zero-order valence-electron chi connectivity index (χ0n) is 14.7. The lowest BCUT2D eigenvalue weighted by Crippen LogP contribution is -2.41. The lowest BCUT2D eigenvalue weighted by atomic mass is 10.1. The summed E-state index contributed by atoms with van der Waals surface area (Å²) in [7, 11) is 0. The third kappa shape index (κ3) is 3.78. The number of carbonyl (C=O) groups is 1.